The highest BCUT2D eigenvalue weighted by molar-refractivity contribution is 7.98. The molecule has 0 aliphatic carbocycles. The monoisotopic (exact) mass is 498 g/mol. The zero-order valence-corrected chi connectivity index (χ0v) is 21.5. The van der Waals surface area contributed by atoms with E-state index >= 15 is 0 Å². The van der Waals surface area contributed by atoms with Crippen molar-refractivity contribution in [3.63, 3.8) is 0 Å². The number of thioether (sulfide) groups is 1. The average Bonchev–Trinajstić information content (AvgIpc) is 2.82. The topological polar surface area (TPSA) is 75.7 Å². The second kappa shape index (κ2) is 11.4. The standard InChI is InChI=1S/C26H30N2O4S2/c1-19-8-13-24(16-20(19)2)32-15-14-27-26(29)22-11-9-21(10-12-22)18-28(34(4,30)31)23-6-5-7-25(17-23)33-3/h5-13,16-17H,14-15,18H2,1-4H3,(H,27,29). The van der Waals surface area contributed by atoms with Crippen molar-refractivity contribution in [2.24, 2.45) is 0 Å². The molecule has 8 heteroatoms. The van der Waals surface area contributed by atoms with Crippen molar-refractivity contribution in [2.45, 2.75) is 25.3 Å². The summed E-state index contributed by atoms with van der Waals surface area (Å²) in [6.45, 7) is 5.00. The van der Waals surface area contributed by atoms with E-state index in [9.17, 15) is 13.2 Å². The number of hydrogen-bond donors (Lipinski definition) is 1. The number of aryl methyl sites for hydroxylation is 2. The Morgan fingerprint density at radius 3 is 2.38 bits per heavy atom. The van der Waals surface area contributed by atoms with Crippen molar-refractivity contribution < 1.29 is 17.9 Å². The van der Waals surface area contributed by atoms with E-state index < -0.39 is 10.0 Å². The molecule has 0 radical (unpaired) electrons. The Morgan fingerprint density at radius 2 is 1.74 bits per heavy atom. The lowest BCUT2D eigenvalue weighted by molar-refractivity contribution is 0.0947. The molecule has 0 aliphatic rings. The maximum atomic E-state index is 12.5. The zero-order valence-electron chi connectivity index (χ0n) is 19.9. The van der Waals surface area contributed by atoms with E-state index in [2.05, 4.69) is 5.32 Å². The number of amides is 1. The molecule has 0 spiro atoms. The maximum Gasteiger partial charge on any atom is 0.251 e. The first kappa shape index (κ1) is 25.6. The minimum absolute atomic E-state index is 0.183. The number of sulfonamides is 1. The fraction of sp³-hybridized carbons (Fsp3) is 0.269. The molecule has 3 aromatic rings. The summed E-state index contributed by atoms with van der Waals surface area (Å²) in [6, 6.07) is 20.3. The minimum Gasteiger partial charge on any atom is -0.492 e. The summed E-state index contributed by atoms with van der Waals surface area (Å²) in [7, 11) is -3.48. The molecule has 0 atom stereocenters. The van der Waals surface area contributed by atoms with Gasteiger partial charge >= 0.3 is 0 Å². The Kier molecular flexibility index (Phi) is 8.63. The van der Waals surface area contributed by atoms with Crippen LogP contribution in [0.25, 0.3) is 0 Å². The SMILES string of the molecule is CSc1cccc(N(Cc2ccc(C(=O)NCCOc3ccc(C)c(C)c3)cc2)S(C)(=O)=O)c1. The summed E-state index contributed by atoms with van der Waals surface area (Å²) in [5, 5.41) is 2.85. The van der Waals surface area contributed by atoms with Gasteiger partial charge in [0.05, 0.1) is 25.0 Å². The normalized spacial score (nSPS) is 11.2. The Bertz CT molecular complexity index is 1240. The van der Waals surface area contributed by atoms with Crippen LogP contribution in [0, 0.1) is 13.8 Å². The zero-order chi connectivity index (χ0) is 24.7. The van der Waals surface area contributed by atoms with Crippen molar-refractivity contribution in [2.75, 3.05) is 30.0 Å². The summed E-state index contributed by atoms with van der Waals surface area (Å²) in [5.74, 6) is 0.572. The Labute approximate surface area is 206 Å². The first-order valence-electron chi connectivity index (χ1n) is 10.9. The van der Waals surface area contributed by atoms with Crippen molar-refractivity contribution in [3.05, 3.63) is 89.0 Å². The third-order valence-corrected chi connectivity index (χ3v) is 7.28. The molecule has 180 valence electrons. The van der Waals surface area contributed by atoms with Crippen LogP contribution < -0.4 is 14.4 Å². The van der Waals surface area contributed by atoms with Crippen molar-refractivity contribution in [1.82, 2.24) is 5.32 Å². The molecule has 0 unspecified atom stereocenters. The largest absolute Gasteiger partial charge is 0.492 e. The Hall–Kier alpha value is -2.97. The van der Waals surface area contributed by atoms with Gasteiger partial charge in [0.25, 0.3) is 5.91 Å². The quantitative estimate of drug-likeness (QED) is 0.321. The molecular formula is C26H30N2O4S2. The smallest absolute Gasteiger partial charge is 0.251 e. The van der Waals surface area contributed by atoms with E-state index in [1.165, 1.54) is 16.1 Å². The van der Waals surface area contributed by atoms with Crippen LogP contribution in [-0.4, -0.2) is 40.0 Å². The van der Waals surface area contributed by atoms with E-state index in [0.29, 0.717) is 24.4 Å². The highest BCUT2D eigenvalue weighted by atomic mass is 32.2. The van der Waals surface area contributed by atoms with Gasteiger partial charge in [0.1, 0.15) is 12.4 Å². The van der Waals surface area contributed by atoms with Gasteiger partial charge in [0, 0.05) is 10.5 Å². The first-order chi connectivity index (χ1) is 16.2. The second-order valence-corrected chi connectivity index (χ2v) is 10.8. The number of hydrogen-bond acceptors (Lipinski definition) is 5. The van der Waals surface area contributed by atoms with Gasteiger partial charge < -0.3 is 10.1 Å². The fourth-order valence-electron chi connectivity index (χ4n) is 3.33. The lowest BCUT2D eigenvalue weighted by Crippen LogP contribution is -2.29. The van der Waals surface area contributed by atoms with Gasteiger partial charge in [-0.3, -0.25) is 9.10 Å². The Morgan fingerprint density at radius 1 is 1.00 bits per heavy atom. The van der Waals surface area contributed by atoms with Crippen molar-refractivity contribution in [1.29, 1.82) is 0 Å². The van der Waals surface area contributed by atoms with Crippen LogP contribution in [0.2, 0.25) is 0 Å². The molecule has 0 aromatic heterocycles. The predicted octanol–water partition coefficient (Wildman–Crippen LogP) is 4.80. The Balaban J connectivity index is 1.58. The number of nitrogens with one attached hydrogen (secondary N) is 1. The molecule has 0 saturated carbocycles. The number of benzene rings is 3. The third kappa shape index (κ3) is 7.01. The highest BCUT2D eigenvalue weighted by Crippen LogP contribution is 2.25. The van der Waals surface area contributed by atoms with Gasteiger partial charge in [-0.2, -0.15) is 0 Å². The molecule has 6 nitrogen and oxygen atoms in total. The van der Waals surface area contributed by atoms with Crippen molar-refractivity contribution >= 4 is 33.4 Å². The lowest BCUT2D eigenvalue weighted by atomic mass is 10.1. The van der Waals surface area contributed by atoms with Crippen LogP contribution in [0.5, 0.6) is 5.75 Å². The number of ether oxygens (including phenoxy) is 1. The second-order valence-electron chi connectivity index (χ2n) is 8.02. The third-order valence-electron chi connectivity index (χ3n) is 5.42. The highest BCUT2D eigenvalue weighted by Gasteiger charge is 2.18. The molecule has 0 aliphatic heterocycles. The van der Waals surface area contributed by atoms with E-state index in [4.69, 9.17) is 4.74 Å². The van der Waals surface area contributed by atoms with Gasteiger partial charge in [-0.15, -0.1) is 11.8 Å². The molecule has 3 aromatic carbocycles. The van der Waals surface area contributed by atoms with Gasteiger partial charge in [-0.25, -0.2) is 8.42 Å². The summed E-state index contributed by atoms with van der Waals surface area (Å²) >= 11 is 1.56. The van der Waals surface area contributed by atoms with Crippen LogP contribution in [0.15, 0.2) is 71.6 Å². The van der Waals surface area contributed by atoms with Crippen LogP contribution >= 0.6 is 11.8 Å². The number of carbonyl (C=O) groups is 1. The fourth-order valence-corrected chi connectivity index (χ4v) is 4.67. The van der Waals surface area contributed by atoms with E-state index in [0.717, 1.165) is 21.8 Å². The van der Waals surface area contributed by atoms with Gasteiger partial charge in [-0.1, -0.05) is 24.3 Å². The molecule has 0 bridgehead atoms. The maximum absolute atomic E-state index is 12.5. The average molecular weight is 499 g/mol. The first-order valence-corrected chi connectivity index (χ1v) is 13.9. The van der Waals surface area contributed by atoms with Crippen LogP contribution in [0.3, 0.4) is 0 Å². The van der Waals surface area contributed by atoms with Crippen LogP contribution in [0.1, 0.15) is 27.0 Å². The van der Waals surface area contributed by atoms with E-state index in [1.54, 1.807) is 42.1 Å². The molecule has 0 fully saturated rings. The van der Waals surface area contributed by atoms with Crippen molar-refractivity contribution in [3.8, 4) is 5.75 Å². The summed E-state index contributed by atoms with van der Waals surface area (Å²) in [4.78, 5) is 13.5. The molecule has 34 heavy (non-hydrogen) atoms. The molecule has 0 heterocycles. The lowest BCUT2D eigenvalue weighted by Gasteiger charge is -2.23. The number of carbonyl (C=O) groups excluding carboxylic acids is 1. The van der Waals surface area contributed by atoms with Crippen LogP contribution in [0.4, 0.5) is 5.69 Å². The van der Waals surface area contributed by atoms with Gasteiger partial charge in [-0.05, 0) is 79.3 Å². The van der Waals surface area contributed by atoms with Gasteiger partial charge in [0.15, 0.2) is 0 Å². The molecule has 0 saturated heterocycles. The van der Waals surface area contributed by atoms with Crippen LogP contribution in [-0.2, 0) is 16.6 Å². The molecule has 1 amide bonds. The van der Waals surface area contributed by atoms with Gasteiger partial charge in [0.2, 0.25) is 10.0 Å². The summed E-state index contributed by atoms with van der Waals surface area (Å²) in [6.07, 6.45) is 3.14. The summed E-state index contributed by atoms with van der Waals surface area (Å²) < 4.78 is 31.9. The molecule has 1 N–H and O–H groups in total. The molecule has 3 rings (SSSR count). The number of anilines is 1. The van der Waals surface area contributed by atoms with E-state index in [1.807, 2.05) is 56.5 Å². The molecular weight excluding hydrogens is 468 g/mol. The summed E-state index contributed by atoms with van der Waals surface area (Å²) in [5.41, 5.74) is 4.27. The van der Waals surface area contributed by atoms with E-state index in [-0.39, 0.29) is 12.5 Å². The minimum atomic E-state index is -3.48. The number of nitrogens with zero attached hydrogens (tertiary/aromatic N) is 1. The predicted molar refractivity (Wildman–Crippen MR) is 139 cm³/mol. The number of rotatable bonds is 10.